The molecule has 4 aromatic rings. The van der Waals surface area contributed by atoms with Crippen LogP contribution in [0.15, 0.2) is 85.1 Å². The van der Waals surface area contributed by atoms with Crippen molar-refractivity contribution in [3.63, 3.8) is 0 Å². The molecular formula is C25H22N2O2. The molecule has 4 nitrogen and oxygen atoms in total. The van der Waals surface area contributed by atoms with Crippen LogP contribution in [0, 0.1) is 0 Å². The van der Waals surface area contributed by atoms with Crippen LogP contribution in [0.4, 0.5) is 5.69 Å². The van der Waals surface area contributed by atoms with Gasteiger partial charge >= 0.3 is 0 Å². The summed E-state index contributed by atoms with van der Waals surface area (Å²) in [5.74, 6) is 1.00. The molecule has 0 bridgehead atoms. The Morgan fingerprint density at radius 2 is 1.69 bits per heavy atom. The zero-order valence-corrected chi connectivity index (χ0v) is 16.0. The molecule has 2 heterocycles. The van der Waals surface area contributed by atoms with Gasteiger partial charge in [-0.2, -0.15) is 0 Å². The van der Waals surface area contributed by atoms with Gasteiger partial charge in [-0.3, -0.25) is 4.79 Å². The van der Waals surface area contributed by atoms with Crippen LogP contribution in [-0.4, -0.2) is 10.9 Å². The van der Waals surface area contributed by atoms with Gasteiger partial charge in [-0.25, -0.2) is 0 Å². The molecule has 0 unspecified atom stereocenters. The summed E-state index contributed by atoms with van der Waals surface area (Å²) in [5, 5.41) is 1.11. The maximum absolute atomic E-state index is 12.6. The Bertz CT molecular complexity index is 1140. The summed E-state index contributed by atoms with van der Waals surface area (Å²) in [6, 6.07) is 26.2. The van der Waals surface area contributed by atoms with Crippen molar-refractivity contribution >= 4 is 22.5 Å². The van der Waals surface area contributed by atoms with Crippen molar-refractivity contribution in [3.8, 4) is 5.75 Å². The highest BCUT2D eigenvalue weighted by Crippen LogP contribution is 2.41. The lowest BCUT2D eigenvalue weighted by molar-refractivity contribution is -0.117. The minimum atomic E-state index is 0.0306. The highest BCUT2D eigenvalue weighted by atomic mass is 16.5. The fourth-order valence-corrected chi connectivity index (χ4v) is 4.17. The second-order valence-electron chi connectivity index (χ2n) is 7.35. The van der Waals surface area contributed by atoms with Gasteiger partial charge in [0.15, 0.2) is 0 Å². The van der Waals surface area contributed by atoms with Crippen molar-refractivity contribution in [2.45, 2.75) is 25.5 Å². The fourth-order valence-electron chi connectivity index (χ4n) is 4.17. The summed E-state index contributed by atoms with van der Waals surface area (Å²) in [7, 11) is 0. The number of nitrogens with one attached hydrogen (secondary N) is 1. The van der Waals surface area contributed by atoms with E-state index in [2.05, 4.69) is 23.2 Å². The van der Waals surface area contributed by atoms with Crippen molar-refractivity contribution in [1.29, 1.82) is 0 Å². The number of rotatable bonds is 5. The van der Waals surface area contributed by atoms with E-state index >= 15 is 0 Å². The van der Waals surface area contributed by atoms with Crippen molar-refractivity contribution in [2.75, 3.05) is 4.90 Å². The Kier molecular flexibility index (Phi) is 4.53. The highest BCUT2D eigenvalue weighted by molar-refractivity contribution is 5.98. The van der Waals surface area contributed by atoms with Gasteiger partial charge in [-0.1, -0.05) is 60.7 Å². The van der Waals surface area contributed by atoms with E-state index in [1.165, 1.54) is 0 Å². The number of ether oxygens (including phenoxy) is 1. The number of nitrogens with zero attached hydrogens (tertiary/aromatic N) is 1. The minimum absolute atomic E-state index is 0.0306. The molecule has 5 rings (SSSR count). The average Bonchev–Trinajstić information content (AvgIpc) is 3.37. The number of hydrogen-bond acceptors (Lipinski definition) is 2. The molecule has 1 aromatic heterocycles. The number of aromatic nitrogens is 1. The Morgan fingerprint density at radius 3 is 2.48 bits per heavy atom. The van der Waals surface area contributed by atoms with Gasteiger partial charge in [0, 0.05) is 29.3 Å². The van der Waals surface area contributed by atoms with Gasteiger partial charge < -0.3 is 14.6 Å². The van der Waals surface area contributed by atoms with Crippen molar-refractivity contribution in [1.82, 2.24) is 4.98 Å². The van der Waals surface area contributed by atoms with Crippen LogP contribution in [0.3, 0.4) is 0 Å². The first kappa shape index (κ1) is 17.6. The molecule has 29 heavy (non-hydrogen) atoms. The minimum Gasteiger partial charge on any atom is -0.487 e. The van der Waals surface area contributed by atoms with E-state index in [0.29, 0.717) is 13.0 Å². The molecule has 1 atom stereocenters. The van der Waals surface area contributed by atoms with E-state index in [1.54, 1.807) is 0 Å². The Labute approximate surface area is 169 Å². The van der Waals surface area contributed by atoms with Crippen LogP contribution >= 0.6 is 0 Å². The molecule has 1 amide bonds. The third-order valence-electron chi connectivity index (χ3n) is 5.55. The Hall–Kier alpha value is -3.53. The quantitative estimate of drug-likeness (QED) is 0.487. The largest absolute Gasteiger partial charge is 0.487 e. The maximum atomic E-state index is 12.6. The number of anilines is 1. The van der Waals surface area contributed by atoms with E-state index in [-0.39, 0.29) is 11.9 Å². The first-order chi connectivity index (χ1) is 14.3. The lowest BCUT2D eigenvalue weighted by atomic mass is 10.0. The third kappa shape index (κ3) is 3.27. The number of carbonyl (C=O) groups is 1. The van der Waals surface area contributed by atoms with Crippen LogP contribution in [0.1, 0.15) is 30.0 Å². The molecule has 1 fully saturated rings. The topological polar surface area (TPSA) is 45.3 Å². The normalized spacial score (nSPS) is 16.5. The second-order valence-corrected chi connectivity index (χ2v) is 7.35. The van der Waals surface area contributed by atoms with Crippen LogP contribution in [-0.2, 0) is 11.4 Å². The number of carbonyl (C=O) groups excluding carboxylic acids is 1. The number of H-pyrrole nitrogens is 1. The summed E-state index contributed by atoms with van der Waals surface area (Å²) in [6.07, 6.45) is 3.41. The number of amides is 1. The average molecular weight is 382 g/mol. The molecule has 0 aliphatic carbocycles. The second kappa shape index (κ2) is 7.47. The Balaban J connectivity index is 1.48. The van der Waals surface area contributed by atoms with Gasteiger partial charge in [0.05, 0.1) is 11.6 Å². The predicted molar refractivity (Wildman–Crippen MR) is 115 cm³/mol. The lowest BCUT2D eigenvalue weighted by Crippen LogP contribution is -2.27. The fraction of sp³-hybridized carbons (Fsp3) is 0.160. The molecule has 0 spiro atoms. The predicted octanol–water partition coefficient (Wildman–Crippen LogP) is 5.62. The maximum Gasteiger partial charge on any atom is 0.227 e. The first-order valence-corrected chi connectivity index (χ1v) is 9.95. The molecule has 0 radical (unpaired) electrons. The first-order valence-electron chi connectivity index (χ1n) is 9.95. The number of aromatic amines is 1. The summed E-state index contributed by atoms with van der Waals surface area (Å²) in [5.41, 5.74) is 4.20. The number of fused-ring (bicyclic) bond motifs is 1. The standard InChI is InChI=1S/C25H22N2O2/c28-24-15-14-22(27(24)19-10-5-2-6-11-19)21-16-26-25-20(21)12-7-13-23(25)29-17-18-8-3-1-4-9-18/h1-13,16,22,26H,14-15,17H2/t22-/m0/s1. The van der Waals surface area contributed by atoms with Gasteiger partial charge in [-0.05, 0) is 30.2 Å². The van der Waals surface area contributed by atoms with Gasteiger partial charge in [0.1, 0.15) is 12.4 Å². The Morgan fingerprint density at radius 1 is 0.931 bits per heavy atom. The van der Waals surface area contributed by atoms with Crippen molar-refractivity contribution in [3.05, 3.63) is 96.2 Å². The summed E-state index contributed by atoms with van der Waals surface area (Å²) >= 11 is 0. The van der Waals surface area contributed by atoms with Crippen molar-refractivity contribution < 1.29 is 9.53 Å². The lowest BCUT2D eigenvalue weighted by Gasteiger charge is -2.25. The summed E-state index contributed by atoms with van der Waals surface area (Å²) in [6.45, 7) is 0.520. The van der Waals surface area contributed by atoms with Crippen molar-refractivity contribution in [2.24, 2.45) is 0 Å². The smallest absolute Gasteiger partial charge is 0.227 e. The summed E-state index contributed by atoms with van der Waals surface area (Å²) in [4.78, 5) is 18.0. The highest BCUT2D eigenvalue weighted by Gasteiger charge is 2.34. The number of hydrogen-bond donors (Lipinski definition) is 1. The number of benzene rings is 3. The van der Waals surface area contributed by atoms with E-state index in [4.69, 9.17) is 4.74 Å². The van der Waals surface area contributed by atoms with E-state index in [1.807, 2.05) is 71.8 Å². The summed E-state index contributed by atoms with van der Waals surface area (Å²) < 4.78 is 6.10. The molecule has 144 valence electrons. The third-order valence-corrected chi connectivity index (χ3v) is 5.55. The van der Waals surface area contributed by atoms with Gasteiger partial charge in [-0.15, -0.1) is 0 Å². The van der Waals surface area contributed by atoms with Gasteiger partial charge in [0.25, 0.3) is 0 Å². The molecule has 1 aliphatic heterocycles. The zero-order valence-electron chi connectivity index (χ0n) is 16.0. The monoisotopic (exact) mass is 382 g/mol. The van der Waals surface area contributed by atoms with E-state index in [0.717, 1.165) is 39.9 Å². The molecule has 0 saturated carbocycles. The molecule has 3 aromatic carbocycles. The van der Waals surface area contributed by atoms with Crippen LogP contribution in [0.5, 0.6) is 5.75 Å². The SMILES string of the molecule is O=C1CC[C@@H](c2c[nH]c3c(OCc4ccccc4)cccc23)N1c1ccccc1. The molecule has 1 saturated heterocycles. The van der Waals surface area contributed by atoms with E-state index in [9.17, 15) is 4.79 Å². The molecule has 1 N–H and O–H groups in total. The molecule has 1 aliphatic rings. The number of para-hydroxylation sites is 2. The molecule has 4 heteroatoms. The van der Waals surface area contributed by atoms with Gasteiger partial charge in [0.2, 0.25) is 5.91 Å². The molecular weight excluding hydrogens is 360 g/mol. The van der Waals surface area contributed by atoms with E-state index < -0.39 is 0 Å². The zero-order chi connectivity index (χ0) is 19.6. The van der Waals surface area contributed by atoms with Crippen LogP contribution in [0.25, 0.3) is 10.9 Å². The van der Waals surface area contributed by atoms with Crippen LogP contribution in [0.2, 0.25) is 0 Å². The van der Waals surface area contributed by atoms with Crippen LogP contribution < -0.4 is 9.64 Å².